The van der Waals surface area contributed by atoms with E-state index >= 15 is 0 Å². The maximum absolute atomic E-state index is 11.1. The van der Waals surface area contributed by atoms with Crippen molar-refractivity contribution in [1.82, 2.24) is 5.23 Å². The van der Waals surface area contributed by atoms with Gasteiger partial charge in [0.1, 0.15) is 15.2 Å². The topological polar surface area (TPSA) is 67.8 Å². The molecule has 0 spiro atoms. The van der Waals surface area contributed by atoms with Gasteiger partial charge >= 0.3 is 0 Å². The van der Waals surface area contributed by atoms with Crippen molar-refractivity contribution in [3.8, 4) is 5.75 Å². The molecule has 1 aliphatic rings. The third-order valence-electron chi connectivity index (χ3n) is 2.13. The van der Waals surface area contributed by atoms with Crippen molar-refractivity contribution >= 4 is 40.5 Å². The van der Waals surface area contributed by atoms with E-state index in [1.165, 1.54) is 0 Å². The van der Waals surface area contributed by atoms with Gasteiger partial charge in [0.25, 0.3) is 0 Å². The standard InChI is InChI=1S/C10H6Cl3N2O3/c11-7(9(12)13)8(15(16)17)10-14-5-3-1-2-4-6(5)18-10/h1-4,14,16H/q-1/b10-8-. The number of fused-ring (bicyclic) bond motifs is 1. The molecule has 0 unspecified atom stereocenters. The Morgan fingerprint density at radius 1 is 1.28 bits per heavy atom. The van der Waals surface area contributed by atoms with Gasteiger partial charge in [-0.15, -0.1) is 0 Å². The van der Waals surface area contributed by atoms with Gasteiger partial charge in [0.05, 0.1) is 5.69 Å². The van der Waals surface area contributed by atoms with E-state index in [0.717, 1.165) is 0 Å². The Labute approximate surface area is 117 Å². The molecular formula is C10H6Cl3N2O3-. The number of hydrogen-bond acceptors (Lipinski definition) is 5. The van der Waals surface area contributed by atoms with Crippen LogP contribution < -0.4 is 10.1 Å². The number of para-hydroxylation sites is 2. The van der Waals surface area contributed by atoms with Crippen molar-refractivity contribution in [2.24, 2.45) is 0 Å². The Kier molecular flexibility index (Phi) is 3.89. The number of nitrogens with one attached hydrogen (secondary N) is 1. The van der Waals surface area contributed by atoms with Crippen molar-refractivity contribution in [3.05, 3.63) is 50.6 Å². The number of halogens is 3. The van der Waals surface area contributed by atoms with Crippen LogP contribution in [0.25, 0.3) is 0 Å². The summed E-state index contributed by atoms with van der Waals surface area (Å²) in [6, 6.07) is 6.94. The second-order valence-electron chi connectivity index (χ2n) is 3.25. The van der Waals surface area contributed by atoms with Crippen LogP contribution in [-0.4, -0.2) is 10.4 Å². The van der Waals surface area contributed by atoms with Gasteiger partial charge in [0.15, 0.2) is 5.75 Å². The molecule has 0 saturated carbocycles. The number of hydrogen-bond donors (Lipinski definition) is 2. The lowest BCUT2D eigenvalue weighted by atomic mass is 10.3. The molecule has 1 aliphatic heterocycles. The van der Waals surface area contributed by atoms with Gasteiger partial charge < -0.3 is 20.5 Å². The first-order valence-corrected chi connectivity index (χ1v) is 5.79. The zero-order chi connectivity index (χ0) is 13.3. The van der Waals surface area contributed by atoms with E-state index in [1.807, 2.05) is 0 Å². The van der Waals surface area contributed by atoms with Crippen LogP contribution in [0.1, 0.15) is 0 Å². The highest BCUT2D eigenvalue weighted by Gasteiger charge is 2.23. The van der Waals surface area contributed by atoms with Crippen molar-refractivity contribution in [1.29, 1.82) is 0 Å². The first-order valence-electron chi connectivity index (χ1n) is 4.66. The fraction of sp³-hybridized carbons (Fsp3) is 0. The monoisotopic (exact) mass is 307 g/mol. The summed E-state index contributed by atoms with van der Waals surface area (Å²) in [4.78, 5) is 0. The Hall–Kier alpha value is -1.11. The molecule has 0 amide bonds. The molecule has 0 aliphatic carbocycles. The van der Waals surface area contributed by atoms with Gasteiger partial charge in [-0.25, -0.2) is 0 Å². The summed E-state index contributed by atoms with van der Waals surface area (Å²) in [5.41, 5.74) is 0.217. The van der Waals surface area contributed by atoms with Gasteiger partial charge in [-0.3, -0.25) is 5.21 Å². The summed E-state index contributed by atoms with van der Waals surface area (Å²) in [6.45, 7) is 0. The molecule has 8 heteroatoms. The minimum absolute atomic E-state index is 0.0579. The van der Waals surface area contributed by atoms with Crippen molar-refractivity contribution in [3.63, 3.8) is 0 Å². The molecule has 0 saturated heterocycles. The molecule has 0 bridgehead atoms. The van der Waals surface area contributed by atoms with Crippen molar-refractivity contribution in [2.75, 3.05) is 5.32 Å². The largest absolute Gasteiger partial charge is 0.733 e. The predicted octanol–water partition coefficient (Wildman–Crippen LogP) is 3.73. The molecule has 0 aromatic heterocycles. The third kappa shape index (κ3) is 2.50. The summed E-state index contributed by atoms with van der Waals surface area (Å²) >= 11 is 16.7. The molecule has 2 N–H and O–H groups in total. The normalized spacial score (nSPS) is 15.4. The number of anilines is 1. The summed E-state index contributed by atoms with van der Waals surface area (Å²) in [6.07, 6.45) is 0. The lowest BCUT2D eigenvalue weighted by Gasteiger charge is -2.25. The molecule has 0 radical (unpaired) electrons. The van der Waals surface area contributed by atoms with E-state index < -0.39 is 10.9 Å². The van der Waals surface area contributed by atoms with Crippen molar-refractivity contribution < 1.29 is 9.94 Å². The molecule has 0 fully saturated rings. The van der Waals surface area contributed by atoms with Crippen molar-refractivity contribution in [2.45, 2.75) is 0 Å². The molecule has 1 heterocycles. The predicted molar refractivity (Wildman–Crippen MR) is 69.3 cm³/mol. The second-order valence-corrected chi connectivity index (χ2v) is 4.58. The van der Waals surface area contributed by atoms with Crippen LogP contribution in [0, 0.1) is 5.21 Å². The summed E-state index contributed by atoms with van der Waals surface area (Å²) in [5, 5.41) is 22.1. The molecule has 2 rings (SSSR count). The maximum Gasteiger partial charge on any atom is 0.224 e. The van der Waals surface area contributed by atoms with Crippen LogP contribution in [0.15, 0.2) is 45.4 Å². The van der Waals surface area contributed by atoms with Crippen LogP contribution in [0.4, 0.5) is 5.69 Å². The Morgan fingerprint density at radius 3 is 2.50 bits per heavy atom. The highest BCUT2D eigenvalue weighted by molar-refractivity contribution is 6.59. The first kappa shape index (κ1) is 13.3. The SMILES string of the molecule is [O-]N(O)/C(C(Cl)=C(Cl)Cl)=C1/Nc2ccccc2O1. The fourth-order valence-electron chi connectivity index (χ4n) is 1.38. The first-order chi connectivity index (χ1) is 8.50. The highest BCUT2D eigenvalue weighted by Crippen LogP contribution is 2.37. The molecule has 0 atom stereocenters. The number of nitrogens with zero attached hydrogens (tertiary/aromatic N) is 1. The quantitative estimate of drug-likeness (QED) is 0.815. The third-order valence-corrected chi connectivity index (χ3v) is 3.07. The average molecular weight is 309 g/mol. The van der Waals surface area contributed by atoms with Gasteiger partial charge in [-0.1, -0.05) is 46.9 Å². The van der Waals surface area contributed by atoms with Crippen LogP contribution >= 0.6 is 34.8 Å². The molecule has 18 heavy (non-hydrogen) atoms. The van der Waals surface area contributed by atoms with Gasteiger partial charge in [0, 0.05) is 0 Å². The number of benzene rings is 1. The van der Waals surface area contributed by atoms with Gasteiger partial charge in [-0.2, -0.15) is 0 Å². The number of hydroxylamine groups is 2. The second kappa shape index (κ2) is 5.26. The van der Waals surface area contributed by atoms with E-state index in [9.17, 15) is 5.21 Å². The molecule has 96 valence electrons. The fourth-order valence-corrected chi connectivity index (χ4v) is 1.72. The molecule has 1 aromatic carbocycles. The van der Waals surface area contributed by atoms with E-state index in [0.29, 0.717) is 11.4 Å². The zero-order valence-corrected chi connectivity index (χ0v) is 10.9. The molecule has 5 nitrogen and oxygen atoms in total. The molecule has 1 aromatic rings. The minimum Gasteiger partial charge on any atom is -0.733 e. The van der Waals surface area contributed by atoms with E-state index in [4.69, 9.17) is 44.7 Å². The Bertz CT molecular complexity index is 512. The highest BCUT2D eigenvalue weighted by atomic mass is 35.5. The molecular weight excluding hydrogens is 302 g/mol. The maximum atomic E-state index is 11.1. The van der Waals surface area contributed by atoms with Crippen LogP contribution in [0.5, 0.6) is 5.75 Å². The lowest BCUT2D eigenvalue weighted by Crippen LogP contribution is -2.17. The van der Waals surface area contributed by atoms with E-state index in [1.54, 1.807) is 24.3 Å². The average Bonchev–Trinajstić information content (AvgIpc) is 2.71. The summed E-state index contributed by atoms with van der Waals surface area (Å²) in [5.74, 6) is 0.430. The minimum atomic E-state index is -0.471. The Balaban J connectivity index is 2.46. The van der Waals surface area contributed by atoms with E-state index in [-0.39, 0.29) is 15.4 Å². The van der Waals surface area contributed by atoms with Gasteiger partial charge in [-0.05, 0) is 12.1 Å². The zero-order valence-electron chi connectivity index (χ0n) is 8.65. The summed E-state index contributed by atoms with van der Waals surface area (Å²) in [7, 11) is 0. The van der Waals surface area contributed by atoms with Crippen LogP contribution in [0.3, 0.4) is 0 Å². The van der Waals surface area contributed by atoms with Crippen LogP contribution in [-0.2, 0) is 0 Å². The Morgan fingerprint density at radius 2 is 1.94 bits per heavy atom. The summed E-state index contributed by atoms with van der Waals surface area (Å²) < 4.78 is 4.97. The van der Waals surface area contributed by atoms with Crippen LogP contribution in [0.2, 0.25) is 0 Å². The van der Waals surface area contributed by atoms with Gasteiger partial charge in [0.2, 0.25) is 5.88 Å². The number of ether oxygens (including phenoxy) is 1. The van der Waals surface area contributed by atoms with E-state index in [2.05, 4.69) is 5.32 Å². The number of allylic oxidation sites excluding steroid dienone is 1. The number of rotatable bonds is 2. The smallest absolute Gasteiger partial charge is 0.224 e. The lowest BCUT2D eigenvalue weighted by molar-refractivity contribution is -0.00300.